The Morgan fingerprint density at radius 3 is 2.33 bits per heavy atom. The van der Waals surface area contributed by atoms with Gasteiger partial charge in [-0.1, -0.05) is 0 Å². The zero-order valence-corrected chi connectivity index (χ0v) is 10.4. The van der Waals surface area contributed by atoms with Crippen molar-refractivity contribution in [1.82, 2.24) is 0 Å². The second-order valence-electron chi connectivity index (χ2n) is 3.20. The van der Waals surface area contributed by atoms with Crippen molar-refractivity contribution in [2.24, 2.45) is 5.92 Å². The molecule has 0 nitrogen and oxygen atoms in total. The molecule has 0 bridgehead atoms. The molecule has 0 aliphatic rings. The summed E-state index contributed by atoms with van der Waals surface area (Å²) >= 11 is -0.969. The number of rotatable bonds is 4. The molecule has 1 heteroatoms. The summed E-state index contributed by atoms with van der Waals surface area (Å²) in [6.07, 6.45) is 2.74. The second kappa shape index (κ2) is 5.57. The number of hydrogen-bond donors (Lipinski definition) is 0. The third-order valence-corrected chi connectivity index (χ3v) is 5.53. The molecule has 0 aromatic carbocycles. The maximum atomic E-state index is 2.63. The van der Waals surface area contributed by atoms with Crippen LogP contribution in [0.5, 0.6) is 0 Å². The summed E-state index contributed by atoms with van der Waals surface area (Å²) in [4.78, 5) is 4.90. The molecule has 9 heavy (non-hydrogen) atoms. The molecule has 1 radical (unpaired) electrons. The van der Waals surface area contributed by atoms with Gasteiger partial charge in [-0.15, -0.1) is 0 Å². The Morgan fingerprint density at radius 2 is 2.00 bits per heavy atom. The predicted molar refractivity (Wildman–Crippen MR) is 47.2 cm³/mol. The summed E-state index contributed by atoms with van der Waals surface area (Å²) in [5, 5.41) is 0. The van der Waals surface area contributed by atoms with Gasteiger partial charge in [-0.25, -0.2) is 0 Å². The van der Waals surface area contributed by atoms with Gasteiger partial charge in [0.05, 0.1) is 0 Å². The van der Waals surface area contributed by atoms with Gasteiger partial charge in [-0.05, 0) is 0 Å². The summed E-state index contributed by atoms with van der Waals surface area (Å²) in [5.74, 6) is 0.908. The fraction of sp³-hybridized carbons (Fsp3) is 0.875. The summed E-state index contributed by atoms with van der Waals surface area (Å²) in [7, 11) is 0. The van der Waals surface area contributed by atoms with E-state index in [4.69, 9.17) is 0 Å². The predicted octanol–water partition coefficient (Wildman–Crippen LogP) is 2.65. The van der Waals surface area contributed by atoms with Crippen molar-refractivity contribution >= 4 is 19.8 Å². The molecule has 1 unspecified atom stereocenters. The van der Waals surface area contributed by atoms with E-state index in [1.807, 2.05) is 0 Å². The zero-order valence-electron chi connectivity index (χ0n) is 7.15. The summed E-state index contributed by atoms with van der Waals surface area (Å²) in [6.45, 7) is 4.61. The van der Waals surface area contributed by atoms with Gasteiger partial charge in [-0.3, -0.25) is 0 Å². The fourth-order valence-corrected chi connectivity index (χ4v) is 5.51. The standard InChI is InChI=1S/C6H12.2CH3.Sn.H/c1-4-5-6(2)3;;;;/h2,6H,4-5H2,1,3H3;2*1H3;;. The summed E-state index contributed by atoms with van der Waals surface area (Å²) < 4.78 is 2.63. The van der Waals surface area contributed by atoms with E-state index in [1.165, 1.54) is 12.8 Å². The maximum absolute atomic E-state index is 2.63. The van der Waals surface area contributed by atoms with Crippen molar-refractivity contribution in [3.05, 3.63) is 4.44 Å². The van der Waals surface area contributed by atoms with E-state index in [1.54, 1.807) is 0 Å². The molecule has 0 aromatic heterocycles. The topological polar surface area (TPSA) is 0 Å². The van der Waals surface area contributed by atoms with Crippen LogP contribution in [0.15, 0.2) is 0 Å². The molecule has 0 saturated heterocycles. The Labute approximate surface area is 66.8 Å². The first kappa shape index (κ1) is 9.80. The van der Waals surface area contributed by atoms with Gasteiger partial charge in [0.1, 0.15) is 0 Å². The van der Waals surface area contributed by atoms with Crippen molar-refractivity contribution in [2.75, 3.05) is 0 Å². The van der Waals surface area contributed by atoms with Crippen molar-refractivity contribution in [2.45, 2.75) is 36.6 Å². The molecule has 0 aliphatic carbocycles. The molecule has 0 saturated carbocycles. The van der Waals surface area contributed by atoms with Crippen LogP contribution < -0.4 is 0 Å². The Kier molecular flexibility index (Phi) is 6.07. The van der Waals surface area contributed by atoms with Crippen molar-refractivity contribution in [3.8, 4) is 0 Å². The average molecular weight is 234 g/mol. The molecule has 0 N–H and O–H groups in total. The third kappa shape index (κ3) is 6.69. The monoisotopic (exact) mass is 235 g/mol. The van der Waals surface area contributed by atoms with Crippen LogP contribution in [-0.4, -0.2) is 19.8 Å². The molecule has 0 amide bonds. The molecule has 1 atom stereocenters. The van der Waals surface area contributed by atoms with E-state index < -0.39 is 19.8 Å². The molecular formula is C8H19Sn. The Morgan fingerprint density at radius 1 is 1.44 bits per heavy atom. The van der Waals surface area contributed by atoms with Crippen molar-refractivity contribution < 1.29 is 0 Å². The fourth-order valence-electron chi connectivity index (χ4n) is 1.21. The second-order valence-corrected chi connectivity index (χ2v) is 11.4. The molecular weight excluding hydrogens is 215 g/mol. The zero-order chi connectivity index (χ0) is 7.28. The quantitative estimate of drug-likeness (QED) is 0.656. The Balaban J connectivity index is 3.15. The van der Waals surface area contributed by atoms with Crippen molar-refractivity contribution in [3.63, 3.8) is 0 Å². The van der Waals surface area contributed by atoms with Crippen LogP contribution in [-0.2, 0) is 0 Å². The SMILES string of the molecule is CCCC(C)[CH][SnH]([CH3])[CH3]. The summed E-state index contributed by atoms with van der Waals surface area (Å²) in [5.41, 5.74) is 0. The van der Waals surface area contributed by atoms with Crippen molar-refractivity contribution in [1.29, 1.82) is 0 Å². The first-order chi connectivity index (χ1) is 4.16. The normalized spacial score (nSPS) is 14.3. The first-order valence-corrected chi connectivity index (χ1v) is 12.5. The number of hydrogen-bond acceptors (Lipinski definition) is 0. The minimum atomic E-state index is -0.969. The average Bonchev–Trinajstić information content (AvgIpc) is 1.63. The van der Waals surface area contributed by atoms with Gasteiger partial charge in [-0.2, -0.15) is 0 Å². The Hall–Kier alpha value is 0.799. The molecule has 0 spiro atoms. The third-order valence-electron chi connectivity index (χ3n) is 1.46. The van der Waals surface area contributed by atoms with Gasteiger partial charge in [0, 0.05) is 0 Å². The van der Waals surface area contributed by atoms with Gasteiger partial charge >= 0.3 is 66.7 Å². The molecule has 0 aliphatic heterocycles. The molecule has 55 valence electrons. The van der Waals surface area contributed by atoms with E-state index in [9.17, 15) is 0 Å². The molecule has 0 aromatic rings. The first-order valence-electron chi connectivity index (χ1n) is 4.01. The van der Waals surface area contributed by atoms with Crippen LogP contribution in [0.2, 0.25) is 9.88 Å². The molecule has 0 rings (SSSR count). The van der Waals surface area contributed by atoms with Crippen LogP contribution in [0, 0.1) is 10.4 Å². The van der Waals surface area contributed by atoms with Crippen LogP contribution in [0.3, 0.4) is 0 Å². The summed E-state index contributed by atoms with van der Waals surface area (Å²) in [6, 6.07) is 0. The van der Waals surface area contributed by atoms with Gasteiger partial charge < -0.3 is 0 Å². The van der Waals surface area contributed by atoms with Crippen LogP contribution in [0.25, 0.3) is 0 Å². The van der Waals surface area contributed by atoms with E-state index in [-0.39, 0.29) is 0 Å². The van der Waals surface area contributed by atoms with Crippen LogP contribution in [0.4, 0.5) is 0 Å². The van der Waals surface area contributed by atoms with Gasteiger partial charge in [0.25, 0.3) is 0 Å². The van der Waals surface area contributed by atoms with E-state index in [0.717, 1.165) is 5.92 Å². The van der Waals surface area contributed by atoms with Gasteiger partial charge in [0.15, 0.2) is 0 Å². The van der Waals surface area contributed by atoms with E-state index in [0.29, 0.717) is 0 Å². The van der Waals surface area contributed by atoms with Crippen LogP contribution >= 0.6 is 0 Å². The van der Waals surface area contributed by atoms with Crippen LogP contribution in [0.1, 0.15) is 26.7 Å². The van der Waals surface area contributed by atoms with E-state index in [2.05, 4.69) is 28.2 Å². The van der Waals surface area contributed by atoms with E-state index >= 15 is 0 Å². The molecule has 0 heterocycles. The van der Waals surface area contributed by atoms with Gasteiger partial charge in [0.2, 0.25) is 0 Å². The minimum absolute atomic E-state index is 0.908. The Bertz CT molecular complexity index is 59.6. The molecule has 0 fully saturated rings.